The molecule has 1 N–H and O–H groups in total. The number of amides is 2. The van der Waals surface area contributed by atoms with Gasteiger partial charge in [-0.2, -0.15) is 5.10 Å². The summed E-state index contributed by atoms with van der Waals surface area (Å²) in [5.41, 5.74) is 1.57. The van der Waals surface area contributed by atoms with Crippen LogP contribution in [0.3, 0.4) is 0 Å². The molecule has 0 spiro atoms. The van der Waals surface area contributed by atoms with E-state index in [1.54, 1.807) is 16.9 Å². The number of aryl methyl sites for hydroxylation is 2. The number of carbonyl (C=O) groups is 2. The van der Waals surface area contributed by atoms with E-state index in [4.69, 9.17) is 0 Å². The Hall–Kier alpha value is -2.77. The molecule has 2 aromatic rings. The van der Waals surface area contributed by atoms with Crippen molar-refractivity contribution in [2.45, 2.75) is 45.7 Å². The van der Waals surface area contributed by atoms with Crippen molar-refractivity contribution in [2.24, 2.45) is 0 Å². The molecule has 8 nitrogen and oxygen atoms in total. The van der Waals surface area contributed by atoms with Crippen LogP contribution in [0, 0.1) is 6.92 Å². The van der Waals surface area contributed by atoms with E-state index in [2.05, 4.69) is 20.4 Å². The van der Waals surface area contributed by atoms with Crippen LogP contribution in [0.5, 0.6) is 0 Å². The number of likely N-dealkylation sites (tertiary alicyclic amines) is 1. The highest BCUT2D eigenvalue weighted by Crippen LogP contribution is 2.14. The third-order valence-corrected chi connectivity index (χ3v) is 4.55. The zero-order valence-corrected chi connectivity index (χ0v) is 15.2. The number of carbonyl (C=O) groups excluding carboxylic acids is 2. The predicted molar refractivity (Wildman–Crippen MR) is 95.7 cm³/mol. The third kappa shape index (κ3) is 4.25. The van der Waals surface area contributed by atoms with E-state index in [1.165, 1.54) is 6.20 Å². The van der Waals surface area contributed by atoms with E-state index in [1.807, 2.05) is 24.9 Å². The highest BCUT2D eigenvalue weighted by atomic mass is 16.2. The second-order valence-electron chi connectivity index (χ2n) is 6.49. The van der Waals surface area contributed by atoms with Gasteiger partial charge in [0.05, 0.1) is 11.9 Å². The van der Waals surface area contributed by atoms with Gasteiger partial charge in [-0.05, 0) is 39.2 Å². The van der Waals surface area contributed by atoms with E-state index in [-0.39, 0.29) is 17.9 Å². The average Bonchev–Trinajstić information content (AvgIpc) is 3.01. The highest BCUT2D eigenvalue weighted by Gasteiger charge is 2.24. The maximum Gasteiger partial charge on any atom is 0.274 e. The van der Waals surface area contributed by atoms with Crippen LogP contribution in [0.1, 0.15) is 52.9 Å². The van der Waals surface area contributed by atoms with Gasteiger partial charge in [0.1, 0.15) is 11.4 Å². The zero-order valence-electron chi connectivity index (χ0n) is 15.2. The molecule has 0 saturated carbocycles. The van der Waals surface area contributed by atoms with Crippen molar-refractivity contribution >= 4 is 11.8 Å². The van der Waals surface area contributed by atoms with Crippen LogP contribution in [-0.4, -0.2) is 55.6 Å². The van der Waals surface area contributed by atoms with E-state index < -0.39 is 0 Å². The van der Waals surface area contributed by atoms with Crippen LogP contribution in [-0.2, 0) is 6.54 Å². The van der Waals surface area contributed by atoms with Gasteiger partial charge in [0, 0.05) is 38.1 Å². The standard InChI is InChI=1S/C18H24N6O2/c1-3-24-10-7-15(22-24)18(26)23-8-4-5-14(6-9-23)21-17(25)16-12-19-13(2)11-20-16/h7,10-12,14H,3-6,8-9H2,1-2H3,(H,21,25)/t14-/m0/s1. The van der Waals surface area contributed by atoms with Gasteiger partial charge in [0.25, 0.3) is 11.8 Å². The quantitative estimate of drug-likeness (QED) is 0.894. The number of hydrogen-bond donors (Lipinski definition) is 1. The van der Waals surface area contributed by atoms with E-state index in [0.29, 0.717) is 30.9 Å². The molecule has 138 valence electrons. The Bertz CT molecular complexity index is 770. The lowest BCUT2D eigenvalue weighted by molar-refractivity contribution is 0.0754. The topological polar surface area (TPSA) is 93.0 Å². The van der Waals surface area contributed by atoms with E-state index >= 15 is 0 Å². The molecule has 26 heavy (non-hydrogen) atoms. The van der Waals surface area contributed by atoms with Crippen molar-refractivity contribution in [3.05, 3.63) is 41.7 Å². The smallest absolute Gasteiger partial charge is 0.274 e. The Kier molecular flexibility index (Phi) is 5.60. The molecule has 1 aliphatic rings. The Labute approximate surface area is 152 Å². The van der Waals surface area contributed by atoms with Crippen molar-refractivity contribution in [1.29, 1.82) is 0 Å². The van der Waals surface area contributed by atoms with Crippen LogP contribution in [0.15, 0.2) is 24.7 Å². The first-order valence-electron chi connectivity index (χ1n) is 8.99. The van der Waals surface area contributed by atoms with Crippen molar-refractivity contribution in [3.63, 3.8) is 0 Å². The number of nitrogens with one attached hydrogen (secondary N) is 1. The molecule has 1 saturated heterocycles. The maximum absolute atomic E-state index is 12.6. The fraction of sp³-hybridized carbons (Fsp3) is 0.500. The van der Waals surface area contributed by atoms with Crippen LogP contribution in [0.25, 0.3) is 0 Å². The largest absolute Gasteiger partial charge is 0.348 e. The summed E-state index contributed by atoms with van der Waals surface area (Å²) < 4.78 is 1.75. The summed E-state index contributed by atoms with van der Waals surface area (Å²) in [5.74, 6) is -0.266. The molecule has 0 aliphatic carbocycles. The first-order chi connectivity index (χ1) is 12.6. The lowest BCUT2D eigenvalue weighted by Gasteiger charge is -2.20. The fourth-order valence-electron chi connectivity index (χ4n) is 3.03. The maximum atomic E-state index is 12.6. The fourth-order valence-corrected chi connectivity index (χ4v) is 3.03. The average molecular weight is 356 g/mol. The molecule has 0 aromatic carbocycles. The molecular weight excluding hydrogens is 332 g/mol. The molecule has 3 rings (SSSR count). The minimum Gasteiger partial charge on any atom is -0.348 e. The molecule has 0 radical (unpaired) electrons. The van der Waals surface area contributed by atoms with Crippen LogP contribution < -0.4 is 5.32 Å². The van der Waals surface area contributed by atoms with E-state index in [9.17, 15) is 9.59 Å². The molecule has 1 atom stereocenters. The SMILES string of the molecule is CCn1ccc(C(=O)N2CCC[C@H](NC(=O)c3cnc(C)cn3)CC2)n1. The van der Waals surface area contributed by atoms with Crippen molar-refractivity contribution in [3.8, 4) is 0 Å². The minimum absolute atomic E-state index is 0.0246. The van der Waals surface area contributed by atoms with Gasteiger partial charge in [0.15, 0.2) is 0 Å². The van der Waals surface area contributed by atoms with Gasteiger partial charge in [0.2, 0.25) is 0 Å². The minimum atomic E-state index is -0.219. The van der Waals surface area contributed by atoms with Crippen LogP contribution in [0.4, 0.5) is 0 Å². The Balaban J connectivity index is 1.56. The third-order valence-electron chi connectivity index (χ3n) is 4.55. The molecule has 2 aromatic heterocycles. The molecule has 0 bridgehead atoms. The van der Waals surface area contributed by atoms with Crippen molar-refractivity contribution < 1.29 is 9.59 Å². The number of aromatic nitrogens is 4. The Morgan fingerprint density at radius 2 is 2.04 bits per heavy atom. The summed E-state index contributed by atoms with van der Waals surface area (Å²) in [6.45, 7) is 5.83. The molecule has 3 heterocycles. The summed E-state index contributed by atoms with van der Waals surface area (Å²) in [6.07, 6.45) is 7.27. The zero-order chi connectivity index (χ0) is 18.5. The Morgan fingerprint density at radius 3 is 2.73 bits per heavy atom. The van der Waals surface area contributed by atoms with Crippen molar-refractivity contribution in [1.82, 2.24) is 30.0 Å². The van der Waals surface area contributed by atoms with Gasteiger partial charge in [-0.25, -0.2) is 4.98 Å². The van der Waals surface area contributed by atoms with Crippen LogP contribution >= 0.6 is 0 Å². The molecule has 1 fully saturated rings. The molecule has 8 heteroatoms. The number of hydrogen-bond acceptors (Lipinski definition) is 5. The van der Waals surface area contributed by atoms with Gasteiger partial charge >= 0.3 is 0 Å². The second-order valence-corrected chi connectivity index (χ2v) is 6.49. The summed E-state index contributed by atoms with van der Waals surface area (Å²) in [4.78, 5) is 34.9. The van der Waals surface area contributed by atoms with Crippen molar-refractivity contribution in [2.75, 3.05) is 13.1 Å². The van der Waals surface area contributed by atoms with Gasteiger partial charge in [-0.3, -0.25) is 19.3 Å². The second kappa shape index (κ2) is 8.07. The first-order valence-corrected chi connectivity index (χ1v) is 8.99. The van der Waals surface area contributed by atoms with Gasteiger partial charge in [-0.1, -0.05) is 0 Å². The van der Waals surface area contributed by atoms with E-state index in [0.717, 1.165) is 25.1 Å². The summed E-state index contributed by atoms with van der Waals surface area (Å²) >= 11 is 0. The molecule has 1 aliphatic heterocycles. The monoisotopic (exact) mass is 356 g/mol. The predicted octanol–water partition coefficient (Wildman–Crippen LogP) is 1.43. The summed E-state index contributed by atoms with van der Waals surface area (Å²) in [5, 5.41) is 7.30. The normalized spacial score (nSPS) is 17.6. The van der Waals surface area contributed by atoms with Gasteiger partial charge in [-0.15, -0.1) is 0 Å². The van der Waals surface area contributed by atoms with Crippen LogP contribution in [0.2, 0.25) is 0 Å². The Morgan fingerprint density at radius 1 is 1.19 bits per heavy atom. The molecular formula is C18H24N6O2. The molecule has 0 unspecified atom stereocenters. The van der Waals surface area contributed by atoms with Gasteiger partial charge < -0.3 is 10.2 Å². The number of rotatable bonds is 4. The molecule has 2 amide bonds. The lowest BCUT2D eigenvalue weighted by Crippen LogP contribution is -2.37. The number of nitrogens with zero attached hydrogens (tertiary/aromatic N) is 5. The summed E-state index contributed by atoms with van der Waals surface area (Å²) in [7, 11) is 0. The first kappa shape index (κ1) is 18.0. The lowest BCUT2D eigenvalue weighted by atomic mass is 10.1. The highest BCUT2D eigenvalue weighted by molar-refractivity contribution is 5.92. The summed E-state index contributed by atoms with van der Waals surface area (Å²) in [6, 6.07) is 1.78.